The lowest BCUT2D eigenvalue weighted by atomic mass is 10.0. The predicted molar refractivity (Wildman–Crippen MR) is 63.2 cm³/mol. The lowest BCUT2D eigenvalue weighted by Crippen LogP contribution is -2.08. The van der Waals surface area contributed by atoms with E-state index in [1.807, 2.05) is 26.0 Å². The molecule has 0 saturated carbocycles. The van der Waals surface area contributed by atoms with Crippen molar-refractivity contribution in [3.8, 4) is 5.75 Å². The molecule has 0 amide bonds. The number of aryl methyl sites for hydroxylation is 1. The first kappa shape index (κ1) is 10.7. The highest BCUT2D eigenvalue weighted by atomic mass is 16.5. The summed E-state index contributed by atoms with van der Waals surface area (Å²) in [5.41, 5.74) is 2.08. The van der Waals surface area contributed by atoms with E-state index in [1.165, 1.54) is 0 Å². The first-order valence-electron chi connectivity index (χ1n) is 5.27. The van der Waals surface area contributed by atoms with Crippen LogP contribution in [0.15, 0.2) is 27.4 Å². The number of ether oxygens (including phenoxy) is 1. The zero-order chi connectivity index (χ0) is 11.7. The Balaban J connectivity index is 2.81. The van der Waals surface area contributed by atoms with E-state index in [9.17, 15) is 4.79 Å². The van der Waals surface area contributed by atoms with E-state index in [0.717, 1.165) is 16.5 Å². The number of hydrogen-bond acceptors (Lipinski definition) is 3. The Hall–Kier alpha value is -1.77. The summed E-state index contributed by atoms with van der Waals surface area (Å²) in [7, 11) is 1.59. The van der Waals surface area contributed by atoms with Gasteiger partial charge in [0.2, 0.25) is 0 Å². The molecule has 3 nitrogen and oxygen atoms in total. The molecule has 1 heterocycles. The van der Waals surface area contributed by atoms with E-state index in [2.05, 4.69) is 0 Å². The standard InChI is InChI=1S/C13H14O3/c1-4-10-8(2)11-6-5-9(15-3)7-12(11)16-13(10)14/h5-7H,4H2,1-3H3. The smallest absolute Gasteiger partial charge is 0.339 e. The van der Waals surface area contributed by atoms with Crippen molar-refractivity contribution >= 4 is 11.0 Å². The molecule has 0 unspecified atom stereocenters. The Labute approximate surface area is 93.7 Å². The summed E-state index contributed by atoms with van der Waals surface area (Å²) >= 11 is 0. The van der Waals surface area contributed by atoms with Crippen LogP contribution in [0.3, 0.4) is 0 Å². The van der Waals surface area contributed by atoms with Crippen LogP contribution < -0.4 is 10.4 Å². The lowest BCUT2D eigenvalue weighted by molar-refractivity contribution is 0.414. The molecule has 3 heteroatoms. The van der Waals surface area contributed by atoms with Crippen molar-refractivity contribution in [3.63, 3.8) is 0 Å². The summed E-state index contributed by atoms with van der Waals surface area (Å²) in [4.78, 5) is 11.7. The first-order chi connectivity index (χ1) is 7.67. The van der Waals surface area contributed by atoms with Crippen LogP contribution in [0, 0.1) is 6.92 Å². The van der Waals surface area contributed by atoms with Crippen LogP contribution in [0.5, 0.6) is 5.75 Å². The quantitative estimate of drug-likeness (QED) is 0.727. The van der Waals surface area contributed by atoms with Gasteiger partial charge in [0.1, 0.15) is 11.3 Å². The fraction of sp³-hybridized carbons (Fsp3) is 0.308. The van der Waals surface area contributed by atoms with Gasteiger partial charge in [-0.15, -0.1) is 0 Å². The Morgan fingerprint density at radius 1 is 1.38 bits per heavy atom. The van der Waals surface area contributed by atoms with Crippen molar-refractivity contribution in [1.29, 1.82) is 0 Å². The van der Waals surface area contributed by atoms with Crippen molar-refractivity contribution in [2.24, 2.45) is 0 Å². The van der Waals surface area contributed by atoms with Crippen LogP contribution in [-0.4, -0.2) is 7.11 Å². The highest BCUT2D eigenvalue weighted by molar-refractivity contribution is 5.82. The molecule has 16 heavy (non-hydrogen) atoms. The molecule has 0 N–H and O–H groups in total. The van der Waals surface area contributed by atoms with Crippen molar-refractivity contribution in [3.05, 3.63) is 39.7 Å². The summed E-state index contributed by atoms with van der Waals surface area (Å²) in [5, 5.41) is 0.970. The maximum atomic E-state index is 11.7. The largest absolute Gasteiger partial charge is 0.497 e. The normalized spacial score (nSPS) is 10.7. The summed E-state index contributed by atoms with van der Waals surface area (Å²) < 4.78 is 10.4. The van der Waals surface area contributed by atoms with E-state index >= 15 is 0 Å². The third-order valence-electron chi connectivity index (χ3n) is 2.85. The average molecular weight is 218 g/mol. The third-order valence-corrected chi connectivity index (χ3v) is 2.85. The molecule has 84 valence electrons. The minimum absolute atomic E-state index is 0.249. The second kappa shape index (κ2) is 4.00. The summed E-state index contributed by atoms with van der Waals surface area (Å²) in [5.74, 6) is 0.694. The minimum Gasteiger partial charge on any atom is -0.497 e. The van der Waals surface area contributed by atoms with Gasteiger partial charge in [0, 0.05) is 17.0 Å². The Kier molecular flexibility index (Phi) is 2.69. The van der Waals surface area contributed by atoms with Gasteiger partial charge in [0.05, 0.1) is 7.11 Å². The molecule has 0 aliphatic heterocycles. The van der Waals surface area contributed by atoms with Crippen LogP contribution in [0.1, 0.15) is 18.1 Å². The summed E-state index contributed by atoms with van der Waals surface area (Å²) in [6.45, 7) is 3.90. The molecule has 2 rings (SSSR count). The Bertz CT molecular complexity index is 581. The second-order valence-corrected chi connectivity index (χ2v) is 3.71. The molecule has 0 aliphatic carbocycles. The van der Waals surface area contributed by atoms with Gasteiger partial charge in [-0.05, 0) is 31.0 Å². The molecule has 0 saturated heterocycles. The van der Waals surface area contributed by atoms with Gasteiger partial charge >= 0.3 is 5.63 Å². The van der Waals surface area contributed by atoms with Crippen LogP contribution in [-0.2, 0) is 6.42 Å². The molecule has 0 aliphatic rings. The van der Waals surface area contributed by atoms with Crippen molar-refractivity contribution < 1.29 is 9.15 Å². The number of fused-ring (bicyclic) bond motifs is 1. The van der Waals surface area contributed by atoms with E-state index in [0.29, 0.717) is 17.8 Å². The minimum atomic E-state index is -0.249. The van der Waals surface area contributed by atoms with Gasteiger partial charge < -0.3 is 9.15 Å². The summed E-state index contributed by atoms with van der Waals surface area (Å²) in [6, 6.07) is 5.53. The molecule has 0 bridgehead atoms. The highest BCUT2D eigenvalue weighted by Gasteiger charge is 2.09. The van der Waals surface area contributed by atoms with Crippen LogP contribution >= 0.6 is 0 Å². The van der Waals surface area contributed by atoms with E-state index in [-0.39, 0.29) is 5.63 Å². The van der Waals surface area contributed by atoms with Crippen LogP contribution in [0.25, 0.3) is 11.0 Å². The van der Waals surface area contributed by atoms with Crippen molar-refractivity contribution in [1.82, 2.24) is 0 Å². The predicted octanol–water partition coefficient (Wildman–Crippen LogP) is 2.67. The van der Waals surface area contributed by atoms with Crippen LogP contribution in [0.4, 0.5) is 0 Å². The number of rotatable bonds is 2. The zero-order valence-corrected chi connectivity index (χ0v) is 9.66. The van der Waals surface area contributed by atoms with Gasteiger partial charge in [0.15, 0.2) is 0 Å². The van der Waals surface area contributed by atoms with Crippen LogP contribution in [0.2, 0.25) is 0 Å². The van der Waals surface area contributed by atoms with E-state index < -0.39 is 0 Å². The molecule has 0 fully saturated rings. The highest BCUT2D eigenvalue weighted by Crippen LogP contribution is 2.23. The number of hydrogen-bond donors (Lipinski definition) is 0. The van der Waals surface area contributed by atoms with E-state index in [4.69, 9.17) is 9.15 Å². The maximum Gasteiger partial charge on any atom is 0.339 e. The van der Waals surface area contributed by atoms with Gasteiger partial charge in [-0.25, -0.2) is 4.79 Å². The van der Waals surface area contributed by atoms with Crippen molar-refractivity contribution in [2.75, 3.05) is 7.11 Å². The van der Waals surface area contributed by atoms with Gasteiger partial charge in [0.25, 0.3) is 0 Å². The monoisotopic (exact) mass is 218 g/mol. The fourth-order valence-electron chi connectivity index (χ4n) is 1.91. The molecule has 1 aromatic carbocycles. The molecule has 0 atom stereocenters. The Morgan fingerprint density at radius 3 is 2.75 bits per heavy atom. The second-order valence-electron chi connectivity index (χ2n) is 3.71. The van der Waals surface area contributed by atoms with Gasteiger partial charge in [-0.3, -0.25) is 0 Å². The molecule has 1 aromatic heterocycles. The lowest BCUT2D eigenvalue weighted by Gasteiger charge is -2.06. The van der Waals surface area contributed by atoms with Gasteiger partial charge in [-0.2, -0.15) is 0 Å². The van der Waals surface area contributed by atoms with Gasteiger partial charge in [-0.1, -0.05) is 6.92 Å². The summed E-state index contributed by atoms with van der Waals surface area (Å²) in [6.07, 6.45) is 0.691. The topological polar surface area (TPSA) is 39.4 Å². The third kappa shape index (κ3) is 1.58. The number of methoxy groups -OCH3 is 1. The molecule has 0 spiro atoms. The fourth-order valence-corrected chi connectivity index (χ4v) is 1.91. The molecular weight excluding hydrogens is 204 g/mol. The SMILES string of the molecule is CCc1c(C)c2ccc(OC)cc2oc1=O. The Morgan fingerprint density at radius 2 is 2.12 bits per heavy atom. The number of benzene rings is 1. The average Bonchev–Trinajstić information content (AvgIpc) is 2.28. The molecule has 0 radical (unpaired) electrons. The molecular formula is C13H14O3. The van der Waals surface area contributed by atoms with Crippen molar-refractivity contribution in [2.45, 2.75) is 20.3 Å². The van der Waals surface area contributed by atoms with E-state index in [1.54, 1.807) is 13.2 Å². The maximum absolute atomic E-state index is 11.7. The molecule has 2 aromatic rings. The zero-order valence-electron chi connectivity index (χ0n) is 9.66. The first-order valence-corrected chi connectivity index (χ1v) is 5.27.